The molecule has 152 valence electrons. The van der Waals surface area contributed by atoms with Gasteiger partial charge in [-0.1, -0.05) is 42.5 Å². The minimum absolute atomic E-state index is 0.0712. The van der Waals surface area contributed by atoms with Crippen LogP contribution in [0.3, 0.4) is 0 Å². The van der Waals surface area contributed by atoms with Crippen LogP contribution in [0, 0.1) is 0 Å². The minimum Gasteiger partial charge on any atom is -0.508 e. The molecule has 2 amide bonds. The van der Waals surface area contributed by atoms with Gasteiger partial charge in [-0.3, -0.25) is 9.59 Å². The summed E-state index contributed by atoms with van der Waals surface area (Å²) in [4.78, 5) is 29.2. The number of aromatic hydroxyl groups is 1. The van der Waals surface area contributed by atoms with Gasteiger partial charge in [-0.25, -0.2) is 0 Å². The van der Waals surface area contributed by atoms with Crippen LogP contribution in [0.2, 0.25) is 0 Å². The summed E-state index contributed by atoms with van der Waals surface area (Å²) in [6.45, 7) is 1.98. The van der Waals surface area contributed by atoms with Crippen molar-refractivity contribution in [1.29, 1.82) is 0 Å². The summed E-state index contributed by atoms with van der Waals surface area (Å²) >= 11 is 0. The van der Waals surface area contributed by atoms with Crippen LogP contribution in [0.5, 0.6) is 5.75 Å². The van der Waals surface area contributed by atoms with Gasteiger partial charge in [0.25, 0.3) is 0 Å². The zero-order valence-electron chi connectivity index (χ0n) is 16.4. The van der Waals surface area contributed by atoms with Crippen LogP contribution in [0.25, 0.3) is 0 Å². The standard InChI is InChI=1S/C23H26N2O4/c26-19-9-6-17(7-10-19)8-11-22(27)24-15-20-21(16-24)29-13-12-23(28)25(20)14-18-4-2-1-3-5-18/h1-7,9-10,20-21,26H,8,11-16H2/t20-,21-/m0/s1. The first-order chi connectivity index (χ1) is 14.1. The third kappa shape index (κ3) is 4.59. The Bertz CT molecular complexity index is 853. The molecular weight excluding hydrogens is 368 g/mol. The lowest BCUT2D eigenvalue weighted by Gasteiger charge is -2.29. The van der Waals surface area contributed by atoms with Gasteiger partial charge in [0.05, 0.1) is 25.2 Å². The van der Waals surface area contributed by atoms with Gasteiger partial charge in [0, 0.05) is 26.1 Å². The zero-order chi connectivity index (χ0) is 20.2. The van der Waals surface area contributed by atoms with E-state index in [9.17, 15) is 14.7 Å². The number of benzene rings is 2. The molecule has 0 spiro atoms. The summed E-state index contributed by atoms with van der Waals surface area (Å²) in [6, 6.07) is 16.8. The van der Waals surface area contributed by atoms with Gasteiger partial charge in [-0.05, 0) is 29.7 Å². The van der Waals surface area contributed by atoms with Gasteiger partial charge in [-0.15, -0.1) is 0 Å². The lowest BCUT2D eigenvalue weighted by atomic mass is 10.1. The van der Waals surface area contributed by atoms with Gasteiger partial charge in [0.1, 0.15) is 5.75 Å². The molecule has 29 heavy (non-hydrogen) atoms. The summed E-state index contributed by atoms with van der Waals surface area (Å²) in [5.74, 6) is 0.377. The monoisotopic (exact) mass is 394 g/mol. The Labute approximate surface area is 170 Å². The Balaban J connectivity index is 1.41. The smallest absolute Gasteiger partial charge is 0.225 e. The van der Waals surface area contributed by atoms with E-state index in [0.717, 1.165) is 11.1 Å². The van der Waals surface area contributed by atoms with Crippen molar-refractivity contribution < 1.29 is 19.4 Å². The van der Waals surface area contributed by atoms with Crippen molar-refractivity contribution in [2.75, 3.05) is 19.7 Å². The highest BCUT2D eigenvalue weighted by atomic mass is 16.5. The average Bonchev–Trinajstić information content (AvgIpc) is 3.10. The highest BCUT2D eigenvalue weighted by molar-refractivity contribution is 5.79. The number of rotatable bonds is 5. The minimum atomic E-state index is -0.136. The quantitative estimate of drug-likeness (QED) is 0.845. The zero-order valence-corrected chi connectivity index (χ0v) is 16.4. The van der Waals surface area contributed by atoms with E-state index >= 15 is 0 Å². The predicted octanol–water partition coefficient (Wildman–Crippen LogP) is 2.35. The fourth-order valence-electron chi connectivity index (χ4n) is 4.11. The van der Waals surface area contributed by atoms with E-state index in [1.807, 2.05) is 52.3 Å². The van der Waals surface area contributed by atoms with E-state index in [4.69, 9.17) is 4.74 Å². The van der Waals surface area contributed by atoms with Crippen LogP contribution in [0.15, 0.2) is 54.6 Å². The molecule has 0 aliphatic carbocycles. The van der Waals surface area contributed by atoms with Crippen molar-refractivity contribution in [3.8, 4) is 5.75 Å². The van der Waals surface area contributed by atoms with Gasteiger partial charge in [0.15, 0.2) is 0 Å². The predicted molar refractivity (Wildman–Crippen MR) is 108 cm³/mol. The van der Waals surface area contributed by atoms with Crippen molar-refractivity contribution in [1.82, 2.24) is 9.80 Å². The van der Waals surface area contributed by atoms with Gasteiger partial charge < -0.3 is 19.6 Å². The molecule has 6 heteroatoms. The Hall–Kier alpha value is -2.86. The highest BCUT2D eigenvalue weighted by Gasteiger charge is 2.42. The van der Waals surface area contributed by atoms with Gasteiger partial charge in [0.2, 0.25) is 11.8 Å². The topological polar surface area (TPSA) is 70.1 Å². The average molecular weight is 394 g/mol. The largest absolute Gasteiger partial charge is 0.508 e. The number of phenolic OH excluding ortho intramolecular Hbond substituents is 1. The molecule has 0 saturated carbocycles. The number of hydrogen-bond acceptors (Lipinski definition) is 4. The third-order valence-corrected chi connectivity index (χ3v) is 5.72. The SMILES string of the molecule is O=C(CCc1ccc(O)cc1)N1C[C@@H]2OCCC(=O)N(Cc3ccccc3)[C@H]2C1. The first kappa shape index (κ1) is 19.5. The Morgan fingerprint density at radius 2 is 1.79 bits per heavy atom. The number of ether oxygens (including phenoxy) is 1. The van der Waals surface area contributed by atoms with Crippen LogP contribution in [-0.2, 0) is 27.3 Å². The summed E-state index contributed by atoms with van der Waals surface area (Å²) < 4.78 is 5.94. The normalized spacial score (nSPS) is 21.7. The molecule has 2 aliphatic heterocycles. The number of aryl methyl sites for hydroxylation is 1. The van der Waals surface area contributed by atoms with E-state index < -0.39 is 0 Å². The van der Waals surface area contributed by atoms with Crippen molar-refractivity contribution in [2.45, 2.75) is 38.0 Å². The molecule has 4 rings (SSSR count). The van der Waals surface area contributed by atoms with Gasteiger partial charge >= 0.3 is 0 Å². The molecule has 2 fully saturated rings. The molecule has 2 aliphatic rings. The van der Waals surface area contributed by atoms with E-state index in [1.54, 1.807) is 12.1 Å². The summed E-state index contributed by atoms with van der Waals surface area (Å²) in [6.07, 6.45) is 1.27. The van der Waals surface area contributed by atoms with Crippen molar-refractivity contribution in [2.24, 2.45) is 0 Å². The number of hydrogen-bond donors (Lipinski definition) is 1. The van der Waals surface area contributed by atoms with E-state index in [1.165, 1.54) is 0 Å². The summed E-state index contributed by atoms with van der Waals surface area (Å²) in [5.41, 5.74) is 2.10. The van der Waals surface area contributed by atoms with Crippen molar-refractivity contribution in [3.63, 3.8) is 0 Å². The van der Waals surface area contributed by atoms with Crippen LogP contribution in [-0.4, -0.2) is 58.6 Å². The molecule has 6 nitrogen and oxygen atoms in total. The first-order valence-electron chi connectivity index (χ1n) is 10.1. The molecule has 2 aromatic rings. The molecule has 2 saturated heterocycles. The lowest BCUT2D eigenvalue weighted by Crippen LogP contribution is -2.45. The molecule has 0 bridgehead atoms. The van der Waals surface area contributed by atoms with Crippen molar-refractivity contribution in [3.05, 3.63) is 65.7 Å². The van der Waals surface area contributed by atoms with E-state index in [0.29, 0.717) is 45.5 Å². The fraction of sp³-hybridized carbons (Fsp3) is 0.391. The second kappa shape index (κ2) is 8.66. The van der Waals surface area contributed by atoms with Crippen LogP contribution < -0.4 is 0 Å². The van der Waals surface area contributed by atoms with Crippen molar-refractivity contribution >= 4 is 11.8 Å². The Kier molecular flexibility index (Phi) is 5.81. The third-order valence-electron chi connectivity index (χ3n) is 5.72. The molecule has 1 N–H and O–H groups in total. The number of amides is 2. The number of fused-ring (bicyclic) bond motifs is 1. The Morgan fingerprint density at radius 1 is 1.03 bits per heavy atom. The number of phenols is 1. The fourth-order valence-corrected chi connectivity index (χ4v) is 4.11. The highest BCUT2D eigenvalue weighted by Crippen LogP contribution is 2.26. The second-order valence-electron chi connectivity index (χ2n) is 7.70. The second-order valence-corrected chi connectivity index (χ2v) is 7.70. The summed E-state index contributed by atoms with van der Waals surface area (Å²) in [5, 5.41) is 9.38. The number of carbonyl (C=O) groups excluding carboxylic acids is 2. The molecule has 0 aromatic heterocycles. The number of nitrogens with zero attached hydrogens (tertiary/aromatic N) is 2. The maximum absolute atomic E-state index is 12.8. The van der Waals surface area contributed by atoms with Crippen LogP contribution in [0.1, 0.15) is 24.0 Å². The first-order valence-corrected chi connectivity index (χ1v) is 10.1. The number of carbonyl (C=O) groups is 2. The van der Waals surface area contributed by atoms with Crippen LogP contribution >= 0.6 is 0 Å². The lowest BCUT2D eigenvalue weighted by molar-refractivity contribution is -0.135. The molecule has 0 radical (unpaired) electrons. The molecule has 2 aromatic carbocycles. The maximum atomic E-state index is 12.8. The summed E-state index contributed by atoms with van der Waals surface area (Å²) in [7, 11) is 0. The molecular formula is C23H26N2O4. The van der Waals surface area contributed by atoms with Gasteiger partial charge in [-0.2, -0.15) is 0 Å². The molecule has 2 atom stereocenters. The van der Waals surface area contributed by atoms with E-state index in [2.05, 4.69) is 0 Å². The number of likely N-dealkylation sites (tertiary alicyclic amines) is 1. The van der Waals surface area contributed by atoms with Crippen LogP contribution in [0.4, 0.5) is 0 Å². The Morgan fingerprint density at radius 3 is 2.55 bits per heavy atom. The molecule has 2 heterocycles. The maximum Gasteiger partial charge on any atom is 0.225 e. The van der Waals surface area contributed by atoms with E-state index in [-0.39, 0.29) is 29.7 Å². The molecule has 0 unspecified atom stereocenters.